The lowest BCUT2D eigenvalue weighted by Gasteiger charge is -2.24. The summed E-state index contributed by atoms with van der Waals surface area (Å²) in [7, 11) is 0. The topological polar surface area (TPSA) is 81.5 Å². The molecular weight excluding hydrogens is 296 g/mol. The lowest BCUT2D eigenvalue weighted by Crippen LogP contribution is -2.41. The van der Waals surface area contributed by atoms with Crippen molar-refractivity contribution in [2.75, 3.05) is 0 Å². The number of rotatable bonds is 4. The van der Waals surface area contributed by atoms with Gasteiger partial charge in [-0.25, -0.2) is 4.79 Å². The van der Waals surface area contributed by atoms with E-state index in [-0.39, 0.29) is 0 Å². The number of amides is 1. The largest absolute Gasteiger partial charge is 0.444 e. The van der Waals surface area contributed by atoms with Gasteiger partial charge in [-0.05, 0) is 32.4 Å². The summed E-state index contributed by atoms with van der Waals surface area (Å²) in [6.07, 6.45) is -0.721. The van der Waals surface area contributed by atoms with Crippen LogP contribution in [0.1, 0.15) is 39.3 Å². The highest BCUT2D eigenvalue weighted by Gasteiger charge is 2.32. The summed E-state index contributed by atoms with van der Waals surface area (Å²) in [6.45, 7) is 6.56. The summed E-state index contributed by atoms with van der Waals surface area (Å²) >= 11 is 6.07. The average molecular weight is 315 g/mol. The van der Waals surface area contributed by atoms with Gasteiger partial charge in [0.1, 0.15) is 11.6 Å². The van der Waals surface area contributed by atoms with Crippen molar-refractivity contribution in [1.82, 2.24) is 5.32 Å². The lowest BCUT2D eigenvalue weighted by molar-refractivity contribution is -0.523. The van der Waals surface area contributed by atoms with Gasteiger partial charge in [-0.2, -0.15) is 0 Å². The second-order valence-electron chi connectivity index (χ2n) is 5.67. The maximum Gasteiger partial charge on any atom is 0.408 e. The Labute approximate surface area is 128 Å². The summed E-state index contributed by atoms with van der Waals surface area (Å²) in [6, 6.07) is 4.77. The molecule has 0 aliphatic heterocycles. The Kier molecular flexibility index (Phi) is 5.54. The molecule has 2 atom stereocenters. The first kappa shape index (κ1) is 17.2. The van der Waals surface area contributed by atoms with Crippen LogP contribution in [-0.4, -0.2) is 22.7 Å². The van der Waals surface area contributed by atoms with Crippen LogP contribution in [0.2, 0.25) is 5.02 Å². The minimum Gasteiger partial charge on any atom is -0.444 e. The van der Waals surface area contributed by atoms with Gasteiger partial charge in [-0.1, -0.05) is 29.8 Å². The number of nitrogens with one attached hydrogen (secondary N) is 1. The second-order valence-corrected chi connectivity index (χ2v) is 6.08. The normalized spacial score (nSPS) is 14.1. The van der Waals surface area contributed by atoms with Crippen molar-refractivity contribution in [3.63, 3.8) is 0 Å². The molecule has 1 aromatic rings. The molecule has 0 saturated carbocycles. The molecule has 0 radical (unpaired) electrons. The molecule has 1 aromatic carbocycles. The van der Waals surface area contributed by atoms with E-state index in [1.807, 2.05) is 0 Å². The summed E-state index contributed by atoms with van der Waals surface area (Å²) < 4.78 is 5.14. The van der Waals surface area contributed by atoms with Crippen molar-refractivity contribution in [3.8, 4) is 0 Å². The first-order valence-electron chi connectivity index (χ1n) is 6.49. The number of carbonyl (C=O) groups is 1. The van der Waals surface area contributed by atoms with E-state index in [1.165, 1.54) is 6.92 Å². The molecule has 0 heterocycles. The molecule has 21 heavy (non-hydrogen) atoms. The van der Waals surface area contributed by atoms with Crippen LogP contribution in [0.4, 0.5) is 4.79 Å². The molecule has 0 aliphatic carbocycles. The number of benzene rings is 1. The molecule has 7 heteroatoms. The van der Waals surface area contributed by atoms with E-state index in [9.17, 15) is 14.9 Å². The molecule has 0 bridgehead atoms. The number of nitrogens with zero attached hydrogens (tertiary/aromatic N) is 1. The highest BCUT2D eigenvalue weighted by molar-refractivity contribution is 6.31. The Hall–Kier alpha value is -1.82. The van der Waals surface area contributed by atoms with Crippen LogP contribution in [0.25, 0.3) is 0 Å². The zero-order chi connectivity index (χ0) is 16.2. The van der Waals surface area contributed by atoms with Gasteiger partial charge in [0.2, 0.25) is 6.04 Å². The van der Waals surface area contributed by atoms with Crippen LogP contribution >= 0.6 is 11.6 Å². The van der Waals surface area contributed by atoms with Crippen molar-refractivity contribution < 1.29 is 14.5 Å². The maximum absolute atomic E-state index is 11.9. The van der Waals surface area contributed by atoms with Gasteiger partial charge in [-0.3, -0.25) is 10.1 Å². The van der Waals surface area contributed by atoms with Crippen LogP contribution < -0.4 is 5.32 Å². The van der Waals surface area contributed by atoms with Gasteiger partial charge in [0.15, 0.2) is 0 Å². The van der Waals surface area contributed by atoms with E-state index in [4.69, 9.17) is 16.3 Å². The zero-order valence-electron chi connectivity index (χ0n) is 12.4. The van der Waals surface area contributed by atoms with E-state index in [0.29, 0.717) is 10.6 Å². The highest BCUT2D eigenvalue weighted by Crippen LogP contribution is 2.26. The first-order valence-corrected chi connectivity index (χ1v) is 6.87. The summed E-state index contributed by atoms with van der Waals surface area (Å²) in [5.74, 6) is 0. The Morgan fingerprint density at radius 1 is 1.38 bits per heavy atom. The molecule has 0 fully saturated rings. The van der Waals surface area contributed by atoms with Gasteiger partial charge in [0.05, 0.1) is 0 Å². The molecule has 1 amide bonds. The van der Waals surface area contributed by atoms with E-state index in [0.717, 1.165) is 0 Å². The molecule has 0 spiro atoms. The smallest absolute Gasteiger partial charge is 0.408 e. The molecule has 1 N–H and O–H groups in total. The molecule has 116 valence electrons. The SMILES string of the molecule is C[C@@H]([C@H](NC(=O)OC(C)(C)C)c1ccccc1Cl)[N+](=O)[O-]. The summed E-state index contributed by atoms with van der Waals surface area (Å²) in [5, 5.41) is 13.9. The standard InChI is InChI=1S/C14H19ClN2O4/c1-9(17(19)20)12(10-7-5-6-8-11(10)15)16-13(18)21-14(2,3)4/h5-9,12H,1-4H3,(H,16,18)/t9-,12-/m0/s1. The fourth-order valence-corrected chi connectivity index (χ4v) is 2.00. The highest BCUT2D eigenvalue weighted by atomic mass is 35.5. The fraction of sp³-hybridized carbons (Fsp3) is 0.500. The zero-order valence-corrected chi connectivity index (χ0v) is 13.2. The van der Waals surface area contributed by atoms with Crippen molar-refractivity contribution in [2.45, 2.75) is 45.4 Å². The number of hydrogen-bond donors (Lipinski definition) is 1. The van der Waals surface area contributed by atoms with Crippen molar-refractivity contribution in [1.29, 1.82) is 0 Å². The van der Waals surface area contributed by atoms with Crippen molar-refractivity contribution >= 4 is 17.7 Å². The minimum absolute atomic E-state index is 0.354. The lowest BCUT2D eigenvalue weighted by atomic mass is 10.0. The van der Waals surface area contributed by atoms with E-state index in [2.05, 4.69) is 5.32 Å². The Balaban J connectivity index is 3.02. The Morgan fingerprint density at radius 3 is 2.43 bits per heavy atom. The van der Waals surface area contributed by atoms with Gasteiger partial charge in [0.25, 0.3) is 0 Å². The Morgan fingerprint density at radius 2 is 1.95 bits per heavy atom. The minimum atomic E-state index is -1.04. The molecule has 6 nitrogen and oxygen atoms in total. The van der Waals surface area contributed by atoms with Gasteiger partial charge < -0.3 is 10.1 Å². The van der Waals surface area contributed by atoms with E-state index >= 15 is 0 Å². The maximum atomic E-state index is 11.9. The predicted octanol–water partition coefficient (Wildman–Crippen LogP) is 3.57. The average Bonchev–Trinajstić information content (AvgIpc) is 2.34. The third-order valence-corrected chi connectivity index (χ3v) is 3.07. The molecule has 0 unspecified atom stereocenters. The van der Waals surface area contributed by atoms with Crippen LogP contribution in [0.5, 0.6) is 0 Å². The Bertz CT molecular complexity index is 528. The molecule has 0 aliphatic rings. The number of halogens is 1. The third-order valence-electron chi connectivity index (χ3n) is 2.73. The van der Waals surface area contributed by atoms with Gasteiger partial charge >= 0.3 is 6.09 Å². The molecule has 0 saturated heterocycles. The fourth-order valence-electron chi connectivity index (χ4n) is 1.74. The first-order chi connectivity index (χ1) is 9.61. The van der Waals surface area contributed by atoms with Gasteiger partial charge in [-0.15, -0.1) is 0 Å². The second kappa shape index (κ2) is 6.76. The number of alkyl carbamates (subject to hydrolysis) is 1. The molecule has 1 rings (SSSR count). The molecule has 0 aromatic heterocycles. The number of nitro groups is 1. The van der Waals surface area contributed by atoms with Gasteiger partial charge in [0, 0.05) is 16.9 Å². The van der Waals surface area contributed by atoms with E-state index < -0.39 is 28.7 Å². The van der Waals surface area contributed by atoms with Crippen LogP contribution in [0.15, 0.2) is 24.3 Å². The summed E-state index contributed by atoms with van der Waals surface area (Å²) in [4.78, 5) is 22.5. The third kappa shape index (κ3) is 5.23. The van der Waals surface area contributed by atoms with Crippen LogP contribution in [0, 0.1) is 10.1 Å². The molecular formula is C14H19ClN2O4. The number of ether oxygens (including phenoxy) is 1. The van der Waals surface area contributed by atoms with E-state index in [1.54, 1.807) is 45.0 Å². The van der Waals surface area contributed by atoms with Crippen LogP contribution in [-0.2, 0) is 4.74 Å². The number of hydrogen-bond acceptors (Lipinski definition) is 4. The monoisotopic (exact) mass is 314 g/mol. The quantitative estimate of drug-likeness (QED) is 0.680. The predicted molar refractivity (Wildman–Crippen MR) is 80.0 cm³/mol. The van der Waals surface area contributed by atoms with Crippen molar-refractivity contribution in [2.24, 2.45) is 0 Å². The number of carbonyl (C=O) groups excluding carboxylic acids is 1. The van der Waals surface area contributed by atoms with Crippen LogP contribution in [0.3, 0.4) is 0 Å². The van der Waals surface area contributed by atoms with Crippen molar-refractivity contribution in [3.05, 3.63) is 45.0 Å². The summed E-state index contributed by atoms with van der Waals surface area (Å²) in [5.41, 5.74) is -0.207.